The van der Waals surface area contributed by atoms with Crippen molar-refractivity contribution >= 4 is 17.6 Å². The molecule has 3 fully saturated rings. The van der Waals surface area contributed by atoms with Crippen LogP contribution >= 0.6 is 11.8 Å². The number of hydrogen-bond acceptors (Lipinski definition) is 7. The largest absolute Gasteiger partial charge is 0.377 e. The lowest BCUT2D eigenvalue weighted by Gasteiger charge is -2.40. The molecule has 3 aliphatic rings. The van der Waals surface area contributed by atoms with Gasteiger partial charge in [0.25, 0.3) is 0 Å². The molecule has 2 aliphatic heterocycles. The molecule has 2 saturated heterocycles. The minimum atomic E-state index is 0.336. The highest BCUT2D eigenvalue weighted by Crippen LogP contribution is 2.36. The standard InChI is InChI=1S/C19H31N5OS/c1-25-13-18-21-17(14-10-15(20)11-14)12-19(22-18)24-4-2-16(3-5-24)23-6-8-26-9-7-23/h12,14-16H,2-11,13,20H2,1H3. The Morgan fingerprint density at radius 3 is 2.54 bits per heavy atom. The SMILES string of the molecule is COCc1nc(C2CC(N)C2)cc(N2CCC(N3CCSCC3)CC2)n1. The first kappa shape index (κ1) is 18.5. The lowest BCUT2D eigenvalue weighted by molar-refractivity contribution is 0.176. The quantitative estimate of drug-likeness (QED) is 0.840. The van der Waals surface area contributed by atoms with Crippen LogP contribution in [0.2, 0.25) is 0 Å². The molecule has 26 heavy (non-hydrogen) atoms. The topological polar surface area (TPSA) is 67.5 Å². The number of ether oxygens (including phenoxy) is 1. The highest BCUT2D eigenvalue weighted by atomic mass is 32.2. The molecule has 0 atom stereocenters. The molecule has 4 rings (SSSR count). The molecule has 0 amide bonds. The van der Waals surface area contributed by atoms with Gasteiger partial charge in [-0.1, -0.05) is 0 Å². The molecule has 0 aromatic carbocycles. The number of methoxy groups -OCH3 is 1. The summed E-state index contributed by atoms with van der Waals surface area (Å²) in [6, 6.07) is 3.28. The Morgan fingerprint density at radius 2 is 1.88 bits per heavy atom. The van der Waals surface area contributed by atoms with Crippen LogP contribution in [0.25, 0.3) is 0 Å². The molecule has 1 aromatic rings. The van der Waals surface area contributed by atoms with Crippen LogP contribution in [-0.4, -0.2) is 71.7 Å². The van der Waals surface area contributed by atoms with E-state index in [1.165, 1.54) is 37.4 Å². The molecule has 0 radical (unpaired) electrons. The maximum Gasteiger partial charge on any atom is 0.156 e. The highest BCUT2D eigenvalue weighted by Gasteiger charge is 2.31. The van der Waals surface area contributed by atoms with Gasteiger partial charge in [0, 0.05) is 74.6 Å². The van der Waals surface area contributed by atoms with Crippen LogP contribution in [0.4, 0.5) is 5.82 Å². The molecule has 0 bridgehead atoms. The van der Waals surface area contributed by atoms with E-state index < -0.39 is 0 Å². The van der Waals surface area contributed by atoms with Crippen LogP contribution in [0.5, 0.6) is 0 Å². The number of rotatable bonds is 5. The molecule has 1 aliphatic carbocycles. The van der Waals surface area contributed by atoms with Crippen molar-refractivity contribution < 1.29 is 4.74 Å². The lowest BCUT2D eigenvalue weighted by atomic mass is 9.78. The van der Waals surface area contributed by atoms with Gasteiger partial charge in [0.05, 0.1) is 0 Å². The van der Waals surface area contributed by atoms with E-state index in [1.54, 1.807) is 7.11 Å². The second-order valence-electron chi connectivity index (χ2n) is 7.80. The van der Waals surface area contributed by atoms with Crippen LogP contribution in [0.1, 0.15) is 43.1 Å². The number of piperidine rings is 1. The summed E-state index contributed by atoms with van der Waals surface area (Å²) < 4.78 is 5.30. The molecule has 0 unspecified atom stereocenters. The first-order valence-electron chi connectivity index (χ1n) is 9.92. The molecule has 2 N–H and O–H groups in total. The lowest BCUT2D eigenvalue weighted by Crippen LogP contribution is -2.48. The zero-order valence-electron chi connectivity index (χ0n) is 15.8. The zero-order valence-corrected chi connectivity index (χ0v) is 16.6. The van der Waals surface area contributed by atoms with Gasteiger partial charge in [0.2, 0.25) is 0 Å². The predicted octanol–water partition coefficient (Wildman–Crippen LogP) is 1.85. The summed E-state index contributed by atoms with van der Waals surface area (Å²) in [4.78, 5) is 14.7. The van der Waals surface area contributed by atoms with Crippen LogP contribution < -0.4 is 10.6 Å². The number of thioether (sulfide) groups is 1. The van der Waals surface area contributed by atoms with Gasteiger partial charge in [-0.15, -0.1) is 0 Å². The zero-order chi connectivity index (χ0) is 17.9. The number of hydrogen-bond donors (Lipinski definition) is 1. The Kier molecular flexibility index (Phi) is 5.98. The maximum absolute atomic E-state index is 5.99. The second kappa shape index (κ2) is 8.42. The van der Waals surface area contributed by atoms with E-state index in [4.69, 9.17) is 20.4 Å². The van der Waals surface area contributed by atoms with Crippen molar-refractivity contribution in [2.24, 2.45) is 5.73 Å². The number of nitrogens with two attached hydrogens (primary N) is 1. The smallest absolute Gasteiger partial charge is 0.156 e. The minimum absolute atomic E-state index is 0.336. The van der Waals surface area contributed by atoms with Crippen LogP contribution in [0.3, 0.4) is 0 Å². The molecular formula is C19H31N5OS. The molecule has 144 valence electrons. The number of nitrogens with zero attached hydrogens (tertiary/aromatic N) is 4. The molecule has 1 saturated carbocycles. The van der Waals surface area contributed by atoms with Crippen molar-refractivity contribution in [3.8, 4) is 0 Å². The van der Waals surface area contributed by atoms with Gasteiger partial charge < -0.3 is 15.4 Å². The Labute approximate surface area is 160 Å². The fourth-order valence-corrected chi connectivity index (χ4v) is 5.31. The van der Waals surface area contributed by atoms with Crippen LogP contribution in [0, 0.1) is 0 Å². The van der Waals surface area contributed by atoms with Gasteiger partial charge in [0.15, 0.2) is 5.82 Å². The van der Waals surface area contributed by atoms with E-state index in [9.17, 15) is 0 Å². The fourth-order valence-electron chi connectivity index (χ4n) is 4.37. The van der Waals surface area contributed by atoms with Crippen molar-refractivity contribution in [2.75, 3.05) is 49.7 Å². The van der Waals surface area contributed by atoms with E-state index in [1.807, 2.05) is 0 Å². The van der Waals surface area contributed by atoms with Gasteiger partial charge in [-0.05, 0) is 25.7 Å². The van der Waals surface area contributed by atoms with E-state index >= 15 is 0 Å². The summed E-state index contributed by atoms with van der Waals surface area (Å²) in [6.07, 6.45) is 4.55. The van der Waals surface area contributed by atoms with Gasteiger partial charge in [-0.25, -0.2) is 9.97 Å². The van der Waals surface area contributed by atoms with Crippen molar-refractivity contribution in [2.45, 2.75) is 50.3 Å². The number of aromatic nitrogens is 2. The van der Waals surface area contributed by atoms with E-state index in [2.05, 4.69) is 27.6 Å². The molecule has 7 heteroatoms. The first-order chi connectivity index (χ1) is 12.7. The van der Waals surface area contributed by atoms with Crippen molar-refractivity contribution in [1.82, 2.24) is 14.9 Å². The first-order valence-corrected chi connectivity index (χ1v) is 11.1. The average molecular weight is 378 g/mol. The molecule has 3 heterocycles. The van der Waals surface area contributed by atoms with Crippen LogP contribution in [-0.2, 0) is 11.3 Å². The monoisotopic (exact) mass is 377 g/mol. The Morgan fingerprint density at radius 1 is 1.15 bits per heavy atom. The Hall–Kier alpha value is -0.890. The Balaban J connectivity index is 1.43. The van der Waals surface area contributed by atoms with Gasteiger partial charge >= 0.3 is 0 Å². The highest BCUT2D eigenvalue weighted by molar-refractivity contribution is 7.99. The predicted molar refractivity (Wildman–Crippen MR) is 107 cm³/mol. The van der Waals surface area contributed by atoms with Crippen molar-refractivity contribution in [1.29, 1.82) is 0 Å². The third-order valence-electron chi connectivity index (χ3n) is 6.00. The van der Waals surface area contributed by atoms with Gasteiger partial charge in [-0.3, -0.25) is 4.90 Å². The summed E-state index contributed by atoms with van der Waals surface area (Å²) in [6.45, 7) is 5.16. The molecule has 0 spiro atoms. The van der Waals surface area contributed by atoms with E-state index in [-0.39, 0.29) is 0 Å². The second-order valence-corrected chi connectivity index (χ2v) is 9.02. The van der Waals surface area contributed by atoms with Gasteiger partial charge in [0.1, 0.15) is 12.4 Å². The summed E-state index contributed by atoms with van der Waals surface area (Å²) in [5.74, 6) is 4.95. The third kappa shape index (κ3) is 4.16. The third-order valence-corrected chi connectivity index (χ3v) is 6.94. The normalized spacial score (nSPS) is 28.2. The summed E-state index contributed by atoms with van der Waals surface area (Å²) in [7, 11) is 1.71. The summed E-state index contributed by atoms with van der Waals surface area (Å²) in [5.41, 5.74) is 7.14. The van der Waals surface area contributed by atoms with Crippen molar-refractivity contribution in [3.63, 3.8) is 0 Å². The molecule has 6 nitrogen and oxygen atoms in total. The average Bonchev–Trinajstić information content (AvgIpc) is 2.66. The Bertz CT molecular complexity index is 596. The van der Waals surface area contributed by atoms with Gasteiger partial charge in [-0.2, -0.15) is 11.8 Å². The minimum Gasteiger partial charge on any atom is -0.377 e. The maximum atomic E-state index is 5.99. The van der Waals surface area contributed by atoms with Crippen LogP contribution in [0.15, 0.2) is 6.07 Å². The molecular weight excluding hydrogens is 346 g/mol. The van der Waals surface area contributed by atoms with E-state index in [0.29, 0.717) is 18.6 Å². The van der Waals surface area contributed by atoms with E-state index in [0.717, 1.165) is 49.3 Å². The fraction of sp³-hybridized carbons (Fsp3) is 0.789. The van der Waals surface area contributed by atoms with Crippen molar-refractivity contribution in [3.05, 3.63) is 17.6 Å². The number of anilines is 1. The molecule has 1 aromatic heterocycles. The summed E-state index contributed by atoms with van der Waals surface area (Å²) >= 11 is 2.09. The summed E-state index contributed by atoms with van der Waals surface area (Å²) in [5, 5.41) is 0.